The molecule has 0 fully saturated rings. The Morgan fingerprint density at radius 3 is 3.06 bits per heavy atom. The Morgan fingerprint density at radius 2 is 2.38 bits per heavy atom. The van der Waals surface area contributed by atoms with E-state index in [0.29, 0.717) is 0 Å². The van der Waals surface area contributed by atoms with E-state index in [1.807, 2.05) is 12.3 Å². The molecule has 1 aliphatic heterocycles. The number of aryl methyl sites for hydroxylation is 1. The van der Waals surface area contributed by atoms with Crippen molar-refractivity contribution in [3.63, 3.8) is 0 Å². The summed E-state index contributed by atoms with van der Waals surface area (Å²) in [4.78, 5) is 8.38. The third kappa shape index (κ3) is 2.78. The van der Waals surface area contributed by atoms with Crippen LogP contribution in [0.3, 0.4) is 0 Å². The van der Waals surface area contributed by atoms with Crippen LogP contribution in [0.5, 0.6) is 0 Å². The molecule has 16 heavy (non-hydrogen) atoms. The zero-order valence-corrected chi connectivity index (χ0v) is 10.0. The van der Waals surface area contributed by atoms with Crippen LogP contribution in [0.15, 0.2) is 22.1 Å². The predicted octanol–water partition coefficient (Wildman–Crippen LogP) is 2.18. The van der Waals surface area contributed by atoms with Gasteiger partial charge in [-0.2, -0.15) is 0 Å². The molecule has 1 aliphatic rings. The molecule has 1 unspecified atom stereocenters. The second kappa shape index (κ2) is 5.06. The first kappa shape index (κ1) is 11.1. The van der Waals surface area contributed by atoms with Gasteiger partial charge in [-0.15, -0.1) is 11.3 Å². The van der Waals surface area contributed by atoms with Crippen LogP contribution < -0.4 is 0 Å². The first-order valence-corrected chi connectivity index (χ1v) is 5.85. The lowest BCUT2D eigenvalue weighted by atomic mass is 10.1. The first-order chi connectivity index (χ1) is 7.78. The number of hydrogen-bond acceptors (Lipinski definition) is 4. The van der Waals surface area contributed by atoms with Gasteiger partial charge in [0.25, 0.3) is 0 Å². The maximum atomic E-state index is 5.21. The van der Waals surface area contributed by atoms with Gasteiger partial charge in [0.2, 0.25) is 0 Å². The molecule has 0 saturated carbocycles. The van der Waals surface area contributed by atoms with E-state index in [4.69, 9.17) is 4.74 Å². The van der Waals surface area contributed by atoms with Crippen LogP contribution in [0.25, 0.3) is 0 Å². The van der Waals surface area contributed by atoms with E-state index >= 15 is 0 Å². The van der Waals surface area contributed by atoms with Crippen molar-refractivity contribution in [2.75, 3.05) is 7.11 Å². The molecular weight excluding hydrogens is 220 g/mol. The molecule has 0 N–H and O–H groups in total. The molecular formula is C12H12N2OS. The van der Waals surface area contributed by atoms with Crippen LogP contribution in [-0.4, -0.2) is 24.4 Å². The van der Waals surface area contributed by atoms with E-state index in [1.165, 1.54) is 0 Å². The maximum Gasteiger partial charge on any atom is 0.124 e. The Balaban J connectivity index is 2.08. The smallest absolute Gasteiger partial charge is 0.124 e. The summed E-state index contributed by atoms with van der Waals surface area (Å²) in [7, 11) is 1.68. The van der Waals surface area contributed by atoms with Crippen LogP contribution in [0.1, 0.15) is 17.1 Å². The minimum atomic E-state index is 0.0477. The van der Waals surface area contributed by atoms with Crippen LogP contribution in [-0.2, 0) is 4.74 Å². The van der Waals surface area contributed by atoms with Crippen LogP contribution in [0.4, 0.5) is 0 Å². The SMILES string of the molecule is COC1C=NC=C(C#Cc2csc(C)n2)C1. The van der Waals surface area contributed by atoms with Crippen LogP contribution in [0, 0.1) is 18.8 Å². The quantitative estimate of drug-likeness (QED) is 0.695. The fourth-order valence-electron chi connectivity index (χ4n) is 1.34. The molecule has 1 aromatic rings. The average Bonchev–Trinajstić information content (AvgIpc) is 2.73. The van der Waals surface area contributed by atoms with Crippen molar-refractivity contribution in [1.82, 2.24) is 4.98 Å². The predicted molar refractivity (Wildman–Crippen MR) is 65.7 cm³/mol. The summed E-state index contributed by atoms with van der Waals surface area (Å²) >= 11 is 1.61. The van der Waals surface area contributed by atoms with Gasteiger partial charge in [-0.25, -0.2) is 4.98 Å². The summed E-state index contributed by atoms with van der Waals surface area (Å²) in [5, 5.41) is 3.00. The van der Waals surface area contributed by atoms with Crippen LogP contribution >= 0.6 is 11.3 Å². The van der Waals surface area contributed by atoms with Gasteiger partial charge in [0, 0.05) is 36.9 Å². The van der Waals surface area contributed by atoms with Crippen molar-refractivity contribution in [2.45, 2.75) is 19.4 Å². The summed E-state index contributed by atoms with van der Waals surface area (Å²) < 4.78 is 5.21. The highest BCUT2D eigenvalue weighted by Gasteiger charge is 2.09. The molecule has 0 radical (unpaired) electrons. The van der Waals surface area contributed by atoms with E-state index in [9.17, 15) is 0 Å². The fourth-order valence-corrected chi connectivity index (χ4v) is 1.89. The zero-order valence-electron chi connectivity index (χ0n) is 9.23. The molecule has 1 atom stereocenters. The van der Waals surface area contributed by atoms with Gasteiger partial charge in [0.05, 0.1) is 11.1 Å². The Labute approximate surface area is 98.9 Å². The lowest BCUT2D eigenvalue weighted by Crippen LogP contribution is -2.15. The molecule has 0 aromatic carbocycles. The first-order valence-electron chi connectivity index (χ1n) is 4.97. The Kier molecular flexibility index (Phi) is 3.50. The number of hydrogen-bond donors (Lipinski definition) is 0. The highest BCUT2D eigenvalue weighted by molar-refractivity contribution is 7.09. The summed E-state index contributed by atoms with van der Waals surface area (Å²) in [5.41, 5.74) is 1.81. The van der Waals surface area contributed by atoms with Crippen molar-refractivity contribution in [2.24, 2.45) is 4.99 Å². The lowest BCUT2D eigenvalue weighted by Gasteiger charge is -2.11. The molecule has 0 aliphatic carbocycles. The van der Waals surface area contributed by atoms with Gasteiger partial charge in [-0.05, 0) is 12.8 Å². The summed E-state index contributed by atoms with van der Waals surface area (Å²) in [5.74, 6) is 6.11. The molecule has 4 heteroatoms. The van der Waals surface area contributed by atoms with E-state index < -0.39 is 0 Å². The summed E-state index contributed by atoms with van der Waals surface area (Å²) in [6.45, 7) is 1.97. The van der Waals surface area contributed by atoms with Crippen molar-refractivity contribution < 1.29 is 4.74 Å². The molecule has 0 spiro atoms. The van der Waals surface area contributed by atoms with E-state index in [2.05, 4.69) is 21.8 Å². The summed E-state index contributed by atoms with van der Waals surface area (Å²) in [6.07, 6.45) is 4.40. The average molecular weight is 232 g/mol. The molecule has 82 valence electrons. The number of rotatable bonds is 1. The Hall–Kier alpha value is -1.44. The van der Waals surface area contributed by atoms with E-state index in [1.54, 1.807) is 30.9 Å². The van der Waals surface area contributed by atoms with Crippen molar-refractivity contribution in [3.8, 4) is 11.8 Å². The third-order valence-electron chi connectivity index (χ3n) is 2.18. The number of ether oxygens (including phenoxy) is 1. The molecule has 0 amide bonds. The van der Waals surface area contributed by atoms with Crippen LogP contribution in [0.2, 0.25) is 0 Å². The lowest BCUT2D eigenvalue weighted by molar-refractivity contribution is 0.159. The molecule has 0 saturated heterocycles. The van der Waals surface area contributed by atoms with Gasteiger partial charge in [-0.1, -0.05) is 5.92 Å². The third-order valence-corrected chi connectivity index (χ3v) is 2.95. The second-order valence-electron chi connectivity index (χ2n) is 3.43. The highest BCUT2D eigenvalue weighted by atomic mass is 32.1. The molecule has 2 rings (SSSR count). The number of methoxy groups -OCH3 is 1. The van der Waals surface area contributed by atoms with E-state index in [0.717, 1.165) is 22.7 Å². The number of aromatic nitrogens is 1. The van der Waals surface area contributed by atoms with Gasteiger partial charge in [0.1, 0.15) is 5.69 Å². The minimum absolute atomic E-state index is 0.0477. The zero-order chi connectivity index (χ0) is 11.4. The van der Waals surface area contributed by atoms with Gasteiger partial charge in [0.15, 0.2) is 0 Å². The molecule has 2 heterocycles. The fraction of sp³-hybridized carbons (Fsp3) is 0.333. The van der Waals surface area contributed by atoms with E-state index in [-0.39, 0.29) is 6.10 Å². The summed E-state index contributed by atoms with van der Waals surface area (Å²) in [6, 6.07) is 0. The number of aliphatic imine (C=N–C) groups is 1. The van der Waals surface area contributed by atoms with Crippen molar-refractivity contribution >= 4 is 17.6 Å². The standard InChI is InChI=1S/C12H12N2OS/c1-9-14-11(8-16-9)4-3-10-5-12(15-2)7-13-6-10/h6-8,12H,5H2,1-2H3. The molecule has 0 bridgehead atoms. The van der Waals surface area contributed by atoms with Gasteiger partial charge >= 0.3 is 0 Å². The highest BCUT2D eigenvalue weighted by Crippen LogP contribution is 2.12. The second-order valence-corrected chi connectivity index (χ2v) is 4.49. The monoisotopic (exact) mass is 232 g/mol. The van der Waals surface area contributed by atoms with Gasteiger partial charge in [-0.3, -0.25) is 4.99 Å². The minimum Gasteiger partial charge on any atom is -0.375 e. The Morgan fingerprint density at radius 1 is 1.50 bits per heavy atom. The van der Waals surface area contributed by atoms with Gasteiger partial charge < -0.3 is 4.74 Å². The van der Waals surface area contributed by atoms with Crippen molar-refractivity contribution in [3.05, 3.63) is 27.9 Å². The van der Waals surface area contributed by atoms with Crippen molar-refractivity contribution in [1.29, 1.82) is 0 Å². The normalized spacial score (nSPS) is 18.9. The molecule has 1 aromatic heterocycles. The largest absolute Gasteiger partial charge is 0.375 e. The molecule has 3 nitrogen and oxygen atoms in total. The number of nitrogens with zero attached hydrogens (tertiary/aromatic N) is 2. The Bertz CT molecular complexity index is 491. The maximum absolute atomic E-state index is 5.21. The topological polar surface area (TPSA) is 34.5 Å². The number of thiazole rings is 1.